The second-order valence-electron chi connectivity index (χ2n) is 5.86. The number of imidazole rings is 1. The van der Waals surface area contributed by atoms with Gasteiger partial charge in [-0.05, 0) is 0 Å². The molecule has 14 nitrogen and oxygen atoms in total. The number of nitrogens with two attached hydrogens (primary N) is 1. The van der Waals surface area contributed by atoms with E-state index in [4.69, 9.17) is 30.1 Å². The van der Waals surface area contributed by atoms with Gasteiger partial charge in [0, 0.05) is 22.6 Å². The fourth-order valence-corrected chi connectivity index (χ4v) is 3.75. The average Bonchev–Trinajstić information content (AvgIpc) is 3.09. The molecule has 0 bridgehead atoms. The summed E-state index contributed by atoms with van der Waals surface area (Å²) in [6.45, 7) is -0.696. The Balaban J connectivity index is 1.81. The van der Waals surface area contributed by atoms with Gasteiger partial charge in [-0.2, -0.15) is 0 Å². The quantitative estimate of drug-likeness (QED) is 0.138. The van der Waals surface area contributed by atoms with Crippen LogP contribution in [0.15, 0.2) is 6.33 Å². The summed E-state index contributed by atoms with van der Waals surface area (Å²) >= 11 is 1.83. The predicted molar refractivity (Wildman–Crippen MR) is 97.8 cm³/mol. The van der Waals surface area contributed by atoms with Crippen LogP contribution in [0, 0.1) is 3.83 Å². The van der Waals surface area contributed by atoms with Gasteiger partial charge in [-0.25, -0.2) is 19.7 Å². The molecule has 0 unspecified atom stereocenters. The number of aliphatic carboxylic acids is 1. The number of carboxylic acid groups (broad SMARTS) is 1. The Kier molecular flexibility index (Phi) is 5.88. The summed E-state index contributed by atoms with van der Waals surface area (Å²) in [4.78, 5) is 41.2. The monoisotopic (exact) mass is 531 g/mol. The Bertz CT molecular complexity index is 951. The highest BCUT2D eigenvalue weighted by Crippen LogP contribution is 2.42. The number of hydrogen-bond acceptors (Lipinski definition) is 10. The minimum Gasteiger partial charge on any atom is -0.479 e. The van der Waals surface area contributed by atoms with Gasteiger partial charge in [0.15, 0.2) is 21.5 Å². The van der Waals surface area contributed by atoms with E-state index in [0.29, 0.717) is 3.83 Å². The zero-order valence-corrected chi connectivity index (χ0v) is 16.8. The molecule has 7 N–H and O–H groups in total. The van der Waals surface area contributed by atoms with Crippen molar-refractivity contribution in [2.24, 2.45) is 0 Å². The summed E-state index contributed by atoms with van der Waals surface area (Å²) in [6.07, 6.45) is -4.21. The van der Waals surface area contributed by atoms with Crippen molar-refractivity contribution in [2.75, 3.05) is 12.3 Å². The Labute approximate surface area is 169 Å². The molecular formula is C12H15IN5O9P. The number of carboxylic acids is 1. The smallest absolute Gasteiger partial charge is 0.365 e. The van der Waals surface area contributed by atoms with E-state index in [2.05, 4.69) is 15.0 Å². The number of ether oxygens (including phenoxy) is 2. The maximum absolute atomic E-state index is 11.2. The van der Waals surface area contributed by atoms with Crippen molar-refractivity contribution < 1.29 is 43.9 Å². The van der Waals surface area contributed by atoms with Gasteiger partial charge in [0.2, 0.25) is 0 Å². The summed E-state index contributed by atoms with van der Waals surface area (Å²) in [5, 5.41) is 29.3. The van der Waals surface area contributed by atoms with Crippen LogP contribution in [-0.4, -0.2) is 81.4 Å². The molecular weight excluding hydrogens is 516 g/mol. The van der Waals surface area contributed by atoms with Gasteiger partial charge in [0.05, 0.1) is 12.9 Å². The lowest BCUT2D eigenvalue weighted by atomic mass is 10.1. The summed E-state index contributed by atoms with van der Waals surface area (Å²) in [7, 11) is -5.10. The third-order valence-electron chi connectivity index (χ3n) is 3.97. The Hall–Kier alpha value is -1.46. The molecule has 0 saturated carbocycles. The molecule has 0 radical (unpaired) electrons. The van der Waals surface area contributed by atoms with E-state index in [-0.39, 0.29) is 17.0 Å². The SMILES string of the molecule is Nc1nc(I)nc2c1ncn2[C@@H]1O[C@H](CO[C@H](C(=O)O)P(=O)(O)O)[C@H](O)[C@H]1O. The molecule has 1 aliphatic rings. The van der Waals surface area contributed by atoms with Crippen LogP contribution in [0.5, 0.6) is 0 Å². The summed E-state index contributed by atoms with van der Waals surface area (Å²) < 4.78 is 23.0. The molecule has 1 aliphatic heterocycles. The third kappa shape index (κ3) is 3.97. The third-order valence-corrected chi connectivity index (χ3v) is 5.43. The number of aliphatic hydroxyl groups is 2. The summed E-state index contributed by atoms with van der Waals surface area (Å²) in [5.74, 6) is -4.20. The lowest BCUT2D eigenvalue weighted by molar-refractivity contribution is -0.149. The highest BCUT2D eigenvalue weighted by atomic mass is 127. The molecule has 0 aromatic carbocycles. The number of rotatable bonds is 6. The van der Waals surface area contributed by atoms with Crippen molar-refractivity contribution >= 4 is 53.1 Å². The van der Waals surface area contributed by atoms with Crippen LogP contribution in [0.25, 0.3) is 11.2 Å². The molecule has 1 fully saturated rings. The average molecular weight is 531 g/mol. The van der Waals surface area contributed by atoms with Gasteiger partial charge in [0.1, 0.15) is 23.8 Å². The zero-order chi connectivity index (χ0) is 20.8. The number of nitrogens with zero attached hydrogens (tertiary/aromatic N) is 4. The Morgan fingerprint density at radius 3 is 2.68 bits per heavy atom. The van der Waals surface area contributed by atoms with E-state index in [1.165, 1.54) is 10.9 Å². The minimum absolute atomic E-state index is 0.104. The van der Waals surface area contributed by atoms with Crippen molar-refractivity contribution in [3.05, 3.63) is 10.2 Å². The molecule has 0 spiro atoms. The van der Waals surface area contributed by atoms with Gasteiger partial charge in [-0.15, -0.1) is 0 Å². The fourth-order valence-electron chi connectivity index (χ4n) is 2.69. The summed E-state index contributed by atoms with van der Waals surface area (Å²) in [6, 6.07) is 0. The van der Waals surface area contributed by atoms with Crippen molar-refractivity contribution in [3.8, 4) is 0 Å². The minimum atomic E-state index is -5.10. The zero-order valence-electron chi connectivity index (χ0n) is 13.7. The number of nitrogen functional groups attached to an aromatic ring is 1. The molecule has 0 aliphatic carbocycles. The van der Waals surface area contributed by atoms with Gasteiger partial charge in [0.25, 0.3) is 5.85 Å². The number of aromatic nitrogens is 4. The lowest BCUT2D eigenvalue weighted by Gasteiger charge is -2.19. The van der Waals surface area contributed by atoms with E-state index >= 15 is 0 Å². The standard InChI is InChI=1S/C12H15IN5O9P/c13-12-16-7(14)4-8(17-12)18(2-15-4)9-6(20)5(19)3(27-9)1-26-11(10(21)22)28(23,24)25/h2-3,5-6,9,11,19-20H,1H2,(H,21,22)(H2,14,16,17)(H2,23,24,25)/t3-,5+,6-,9-,11+/m1/s1. The van der Waals surface area contributed by atoms with Crippen LogP contribution in [0.2, 0.25) is 0 Å². The second-order valence-corrected chi connectivity index (χ2v) is 8.47. The van der Waals surface area contributed by atoms with Crippen molar-refractivity contribution in [1.29, 1.82) is 0 Å². The van der Waals surface area contributed by atoms with Gasteiger partial charge >= 0.3 is 13.6 Å². The topological polar surface area (TPSA) is 223 Å². The first-order valence-electron chi connectivity index (χ1n) is 7.57. The number of anilines is 1. The maximum atomic E-state index is 11.2. The molecule has 1 saturated heterocycles. The van der Waals surface area contributed by atoms with E-state index in [9.17, 15) is 19.6 Å². The first-order valence-corrected chi connectivity index (χ1v) is 10.3. The highest BCUT2D eigenvalue weighted by Gasteiger charge is 2.46. The molecule has 2 aromatic heterocycles. The van der Waals surface area contributed by atoms with E-state index in [1.807, 2.05) is 22.6 Å². The number of aliphatic hydroxyl groups excluding tert-OH is 2. The normalized spacial score (nSPS) is 26.6. The van der Waals surface area contributed by atoms with E-state index < -0.39 is 50.6 Å². The highest BCUT2D eigenvalue weighted by molar-refractivity contribution is 14.1. The van der Waals surface area contributed by atoms with Gasteiger partial charge in [-0.1, -0.05) is 0 Å². The molecule has 16 heteroatoms. The van der Waals surface area contributed by atoms with Crippen LogP contribution in [0.4, 0.5) is 5.82 Å². The van der Waals surface area contributed by atoms with Crippen LogP contribution >= 0.6 is 30.2 Å². The Morgan fingerprint density at radius 2 is 2.07 bits per heavy atom. The van der Waals surface area contributed by atoms with Crippen LogP contribution in [0.3, 0.4) is 0 Å². The first-order chi connectivity index (χ1) is 13.0. The van der Waals surface area contributed by atoms with Crippen LogP contribution < -0.4 is 5.73 Å². The predicted octanol–water partition coefficient (Wildman–Crippen LogP) is -1.76. The van der Waals surface area contributed by atoms with Crippen LogP contribution in [0.1, 0.15) is 6.23 Å². The number of hydrogen-bond donors (Lipinski definition) is 6. The number of fused-ring (bicyclic) bond motifs is 1. The van der Waals surface area contributed by atoms with Crippen molar-refractivity contribution in [1.82, 2.24) is 19.5 Å². The molecule has 28 heavy (non-hydrogen) atoms. The molecule has 2 aromatic rings. The number of halogens is 1. The van der Waals surface area contributed by atoms with Gasteiger partial charge in [-0.3, -0.25) is 9.13 Å². The molecule has 0 amide bonds. The molecule has 5 atom stereocenters. The second kappa shape index (κ2) is 7.75. The molecule has 154 valence electrons. The van der Waals surface area contributed by atoms with E-state index in [0.717, 1.165) is 0 Å². The van der Waals surface area contributed by atoms with Gasteiger partial charge < -0.3 is 40.3 Å². The first kappa shape index (κ1) is 21.3. The van der Waals surface area contributed by atoms with E-state index in [1.54, 1.807) is 0 Å². The number of carbonyl (C=O) groups is 1. The maximum Gasteiger partial charge on any atom is 0.365 e. The molecule has 3 rings (SSSR count). The summed E-state index contributed by atoms with van der Waals surface area (Å²) in [5.41, 5.74) is 6.25. The van der Waals surface area contributed by atoms with Crippen molar-refractivity contribution in [2.45, 2.75) is 30.4 Å². The lowest BCUT2D eigenvalue weighted by Crippen LogP contribution is -2.36. The Morgan fingerprint density at radius 1 is 1.39 bits per heavy atom. The van der Waals surface area contributed by atoms with Crippen molar-refractivity contribution in [3.63, 3.8) is 0 Å². The molecule has 3 heterocycles. The van der Waals surface area contributed by atoms with Crippen LogP contribution in [-0.2, 0) is 18.8 Å². The largest absolute Gasteiger partial charge is 0.479 e. The fraction of sp³-hybridized carbons (Fsp3) is 0.500.